The summed E-state index contributed by atoms with van der Waals surface area (Å²) in [5.41, 5.74) is -0.221. The van der Waals surface area contributed by atoms with Crippen LogP contribution < -0.4 is 5.32 Å². The minimum absolute atomic E-state index is 0.0329. The molecule has 0 saturated carbocycles. The average Bonchev–Trinajstić information content (AvgIpc) is 2.87. The van der Waals surface area contributed by atoms with Gasteiger partial charge in [0.2, 0.25) is 0 Å². The van der Waals surface area contributed by atoms with Crippen molar-refractivity contribution in [2.24, 2.45) is 0 Å². The van der Waals surface area contributed by atoms with Crippen LogP contribution in [-0.4, -0.2) is 6.04 Å². The van der Waals surface area contributed by atoms with Gasteiger partial charge in [0, 0.05) is 22.6 Å². The van der Waals surface area contributed by atoms with E-state index in [0.717, 1.165) is 30.7 Å². The van der Waals surface area contributed by atoms with E-state index in [2.05, 4.69) is 21.2 Å². The smallest absolute Gasteiger partial charge is 0.416 e. The van der Waals surface area contributed by atoms with Gasteiger partial charge in [-0.2, -0.15) is 13.2 Å². The lowest BCUT2D eigenvalue weighted by Crippen LogP contribution is -2.16. The topological polar surface area (TPSA) is 25.2 Å². The number of furan rings is 1. The van der Waals surface area contributed by atoms with Crippen LogP contribution in [0.25, 0.3) is 0 Å². The Balaban J connectivity index is 2.00. The zero-order valence-corrected chi connectivity index (χ0v) is 13.0. The lowest BCUT2D eigenvalue weighted by molar-refractivity contribution is -0.137. The molecular weight excluding hydrogens is 347 g/mol. The molecule has 0 aliphatic carbocycles. The van der Waals surface area contributed by atoms with Crippen molar-refractivity contribution in [2.75, 3.05) is 5.32 Å². The van der Waals surface area contributed by atoms with Crippen molar-refractivity contribution < 1.29 is 17.6 Å². The second kappa shape index (κ2) is 6.56. The van der Waals surface area contributed by atoms with Crippen molar-refractivity contribution in [3.8, 4) is 0 Å². The third-order valence-electron chi connectivity index (χ3n) is 3.04. The zero-order valence-electron chi connectivity index (χ0n) is 11.4. The molecule has 0 amide bonds. The van der Waals surface area contributed by atoms with Crippen LogP contribution in [0.3, 0.4) is 0 Å². The molecule has 0 spiro atoms. The highest BCUT2D eigenvalue weighted by atomic mass is 79.9. The number of benzene rings is 1. The van der Waals surface area contributed by atoms with E-state index in [1.54, 1.807) is 12.3 Å². The highest BCUT2D eigenvalue weighted by Gasteiger charge is 2.31. The molecule has 0 fully saturated rings. The molecule has 114 valence electrons. The quantitative estimate of drug-likeness (QED) is 0.761. The Hall–Kier alpha value is -1.43. The molecule has 2 nitrogen and oxygen atoms in total. The number of hydrogen-bond donors (Lipinski definition) is 1. The molecule has 1 N–H and O–H groups in total. The molecular formula is C15H15BrF3NO. The lowest BCUT2D eigenvalue weighted by Gasteiger charge is -2.17. The second-order valence-electron chi connectivity index (χ2n) is 4.89. The summed E-state index contributed by atoms with van der Waals surface area (Å²) in [5, 5.41) is 3.09. The number of aryl methyl sites for hydroxylation is 1. The van der Waals surface area contributed by atoms with Gasteiger partial charge in [0.15, 0.2) is 0 Å². The SMILES string of the molecule is CC(CCc1ccco1)Nc1cc(Br)cc(C(F)(F)F)c1. The Labute approximate surface area is 129 Å². The molecule has 0 saturated heterocycles. The highest BCUT2D eigenvalue weighted by molar-refractivity contribution is 9.10. The van der Waals surface area contributed by atoms with Gasteiger partial charge in [0.1, 0.15) is 5.76 Å². The third-order valence-corrected chi connectivity index (χ3v) is 3.50. The van der Waals surface area contributed by atoms with Crippen molar-refractivity contribution in [1.82, 2.24) is 0 Å². The summed E-state index contributed by atoms with van der Waals surface area (Å²) in [7, 11) is 0. The van der Waals surface area contributed by atoms with Crippen molar-refractivity contribution in [3.05, 3.63) is 52.4 Å². The van der Waals surface area contributed by atoms with Crippen molar-refractivity contribution in [2.45, 2.75) is 32.0 Å². The predicted octanol–water partition coefficient (Wildman–Crippen LogP) is 5.49. The highest BCUT2D eigenvalue weighted by Crippen LogP contribution is 2.33. The molecule has 1 heterocycles. The van der Waals surface area contributed by atoms with Gasteiger partial charge in [-0.3, -0.25) is 0 Å². The monoisotopic (exact) mass is 361 g/mol. The summed E-state index contributed by atoms with van der Waals surface area (Å²) < 4.78 is 43.9. The molecule has 1 aromatic heterocycles. The Kier molecular flexibility index (Phi) is 4.98. The first-order valence-electron chi connectivity index (χ1n) is 6.51. The minimum atomic E-state index is -4.35. The van der Waals surface area contributed by atoms with Crippen LogP contribution >= 0.6 is 15.9 Å². The van der Waals surface area contributed by atoms with Crippen LogP contribution in [-0.2, 0) is 12.6 Å². The predicted molar refractivity (Wildman–Crippen MR) is 79.3 cm³/mol. The van der Waals surface area contributed by atoms with Crippen molar-refractivity contribution >= 4 is 21.6 Å². The molecule has 1 aromatic carbocycles. The zero-order chi connectivity index (χ0) is 15.5. The Morgan fingerprint density at radius 1 is 1.29 bits per heavy atom. The van der Waals surface area contributed by atoms with E-state index in [9.17, 15) is 13.2 Å². The summed E-state index contributed by atoms with van der Waals surface area (Å²) in [6.45, 7) is 1.93. The Morgan fingerprint density at radius 3 is 2.67 bits per heavy atom. The van der Waals surface area contributed by atoms with Crippen molar-refractivity contribution in [3.63, 3.8) is 0 Å². The number of hydrogen-bond acceptors (Lipinski definition) is 2. The van der Waals surface area contributed by atoms with Gasteiger partial charge in [0.25, 0.3) is 0 Å². The Morgan fingerprint density at radius 2 is 2.05 bits per heavy atom. The first kappa shape index (κ1) is 15.9. The summed E-state index contributed by atoms with van der Waals surface area (Å²) >= 11 is 3.11. The van der Waals surface area contributed by atoms with Gasteiger partial charge < -0.3 is 9.73 Å². The van der Waals surface area contributed by atoms with Crippen LogP contribution in [0.5, 0.6) is 0 Å². The van der Waals surface area contributed by atoms with E-state index >= 15 is 0 Å². The minimum Gasteiger partial charge on any atom is -0.469 e. The molecule has 0 radical (unpaired) electrons. The number of nitrogens with one attached hydrogen (secondary N) is 1. The largest absolute Gasteiger partial charge is 0.469 e. The Bertz CT molecular complexity index is 581. The van der Waals surface area contributed by atoms with Gasteiger partial charge >= 0.3 is 6.18 Å². The molecule has 6 heteroatoms. The number of anilines is 1. The van der Waals surface area contributed by atoms with E-state index in [1.165, 1.54) is 0 Å². The second-order valence-corrected chi connectivity index (χ2v) is 5.81. The van der Waals surface area contributed by atoms with E-state index in [1.807, 2.05) is 19.1 Å². The van der Waals surface area contributed by atoms with Crippen LogP contribution in [0.4, 0.5) is 18.9 Å². The fourth-order valence-corrected chi connectivity index (χ4v) is 2.50. The van der Waals surface area contributed by atoms with Crippen LogP contribution in [0.15, 0.2) is 45.5 Å². The summed E-state index contributed by atoms with van der Waals surface area (Å²) in [5.74, 6) is 0.869. The normalized spacial score (nSPS) is 13.2. The maximum Gasteiger partial charge on any atom is 0.416 e. The van der Waals surface area contributed by atoms with E-state index in [-0.39, 0.29) is 6.04 Å². The van der Waals surface area contributed by atoms with Gasteiger partial charge in [-0.1, -0.05) is 15.9 Å². The number of alkyl halides is 3. The first-order valence-corrected chi connectivity index (χ1v) is 7.30. The number of rotatable bonds is 5. The van der Waals surface area contributed by atoms with Gasteiger partial charge in [-0.05, 0) is 43.7 Å². The number of halogens is 4. The standard InChI is InChI=1S/C15H15BrF3NO/c1-10(4-5-14-3-2-6-21-14)20-13-8-11(15(17,18)19)7-12(16)9-13/h2-3,6-10,20H,4-5H2,1H3. The average molecular weight is 362 g/mol. The molecule has 2 rings (SSSR count). The van der Waals surface area contributed by atoms with E-state index in [0.29, 0.717) is 10.2 Å². The fourth-order valence-electron chi connectivity index (χ4n) is 2.01. The van der Waals surface area contributed by atoms with Gasteiger partial charge in [-0.25, -0.2) is 0 Å². The molecule has 0 bridgehead atoms. The first-order chi connectivity index (χ1) is 9.84. The molecule has 2 aromatic rings. The molecule has 0 aliphatic rings. The van der Waals surface area contributed by atoms with Crippen LogP contribution in [0.2, 0.25) is 0 Å². The van der Waals surface area contributed by atoms with Crippen LogP contribution in [0.1, 0.15) is 24.7 Å². The van der Waals surface area contributed by atoms with E-state index in [4.69, 9.17) is 4.42 Å². The van der Waals surface area contributed by atoms with Gasteiger partial charge in [-0.15, -0.1) is 0 Å². The van der Waals surface area contributed by atoms with Crippen LogP contribution in [0, 0.1) is 0 Å². The van der Waals surface area contributed by atoms with E-state index < -0.39 is 11.7 Å². The molecule has 0 aliphatic heterocycles. The maximum atomic E-state index is 12.8. The molecule has 1 atom stereocenters. The fraction of sp³-hybridized carbons (Fsp3) is 0.333. The third kappa shape index (κ3) is 4.81. The lowest BCUT2D eigenvalue weighted by atomic mass is 10.1. The molecule has 21 heavy (non-hydrogen) atoms. The summed E-state index contributed by atoms with van der Waals surface area (Å²) in [6, 6.07) is 7.56. The summed E-state index contributed by atoms with van der Waals surface area (Å²) in [6.07, 6.45) is -1.24. The van der Waals surface area contributed by atoms with Gasteiger partial charge in [0.05, 0.1) is 11.8 Å². The van der Waals surface area contributed by atoms with Crippen molar-refractivity contribution in [1.29, 1.82) is 0 Å². The maximum absolute atomic E-state index is 12.8. The molecule has 1 unspecified atom stereocenters. The summed E-state index contributed by atoms with van der Waals surface area (Å²) in [4.78, 5) is 0.